The molecule has 1 aromatic carbocycles. The van der Waals surface area contributed by atoms with Gasteiger partial charge in [0.25, 0.3) is 5.91 Å². The molecule has 0 atom stereocenters. The predicted octanol–water partition coefficient (Wildman–Crippen LogP) is 3.74. The van der Waals surface area contributed by atoms with Gasteiger partial charge in [-0.2, -0.15) is 0 Å². The maximum absolute atomic E-state index is 12.3. The number of nitrogens with zero attached hydrogens (tertiary/aromatic N) is 1. The molecular formula is C20H29Cl2N3O2. The zero-order valence-electron chi connectivity index (χ0n) is 15.6. The minimum Gasteiger partial charge on any atom is -0.467 e. The maximum Gasteiger partial charge on any atom is 0.254 e. The second-order valence-electron chi connectivity index (χ2n) is 6.92. The van der Waals surface area contributed by atoms with Crippen molar-refractivity contribution in [2.75, 3.05) is 13.1 Å². The predicted molar refractivity (Wildman–Crippen MR) is 112 cm³/mol. The van der Waals surface area contributed by atoms with Crippen molar-refractivity contribution in [2.24, 2.45) is 11.7 Å². The summed E-state index contributed by atoms with van der Waals surface area (Å²) >= 11 is 0. The van der Waals surface area contributed by atoms with Gasteiger partial charge < -0.3 is 15.5 Å². The van der Waals surface area contributed by atoms with Crippen molar-refractivity contribution in [1.82, 2.24) is 10.2 Å². The Hall–Kier alpha value is -1.53. The number of hydrogen-bond donors (Lipinski definition) is 2. The second kappa shape index (κ2) is 11.3. The average Bonchev–Trinajstić information content (AvgIpc) is 3.12. The number of carbonyl (C=O) groups excluding carboxylic acids is 1. The monoisotopic (exact) mass is 413 g/mol. The van der Waals surface area contributed by atoms with E-state index in [0.717, 1.165) is 31.1 Å². The van der Waals surface area contributed by atoms with Crippen LogP contribution in [0.25, 0.3) is 0 Å². The highest BCUT2D eigenvalue weighted by Crippen LogP contribution is 2.19. The van der Waals surface area contributed by atoms with Crippen LogP contribution in [0.15, 0.2) is 41.0 Å². The molecule has 0 bridgehead atoms. The van der Waals surface area contributed by atoms with Crippen molar-refractivity contribution < 1.29 is 9.21 Å². The quantitative estimate of drug-likeness (QED) is 0.756. The lowest BCUT2D eigenvalue weighted by Gasteiger charge is -2.30. The summed E-state index contributed by atoms with van der Waals surface area (Å²) in [4.78, 5) is 14.8. The van der Waals surface area contributed by atoms with E-state index in [9.17, 15) is 4.79 Å². The third-order valence-corrected chi connectivity index (χ3v) is 4.95. The van der Waals surface area contributed by atoms with E-state index >= 15 is 0 Å². The molecule has 27 heavy (non-hydrogen) atoms. The Labute approximate surface area is 173 Å². The van der Waals surface area contributed by atoms with E-state index in [2.05, 4.69) is 35.3 Å². The zero-order valence-corrected chi connectivity index (χ0v) is 17.3. The molecule has 1 aliphatic rings. The van der Waals surface area contributed by atoms with Gasteiger partial charge in [-0.25, -0.2) is 0 Å². The molecule has 3 N–H and O–H groups in total. The molecule has 1 aromatic heterocycles. The van der Waals surface area contributed by atoms with Crippen LogP contribution in [0, 0.1) is 5.92 Å². The second-order valence-corrected chi connectivity index (χ2v) is 6.92. The number of rotatable bonds is 6. The molecule has 1 aliphatic heterocycles. The molecule has 0 radical (unpaired) electrons. The number of benzene rings is 1. The van der Waals surface area contributed by atoms with E-state index in [4.69, 9.17) is 10.2 Å². The van der Waals surface area contributed by atoms with Crippen LogP contribution in [-0.4, -0.2) is 23.9 Å². The minimum atomic E-state index is -0.134. The fourth-order valence-electron chi connectivity index (χ4n) is 3.23. The van der Waals surface area contributed by atoms with Gasteiger partial charge in [0.05, 0.1) is 12.1 Å². The highest BCUT2D eigenvalue weighted by atomic mass is 35.5. The van der Waals surface area contributed by atoms with E-state index < -0.39 is 0 Å². The van der Waals surface area contributed by atoms with Crippen LogP contribution in [-0.2, 0) is 19.6 Å². The van der Waals surface area contributed by atoms with Gasteiger partial charge in [-0.05, 0) is 49.0 Å². The maximum atomic E-state index is 12.3. The van der Waals surface area contributed by atoms with Crippen molar-refractivity contribution in [3.63, 3.8) is 0 Å². The Morgan fingerprint density at radius 2 is 1.89 bits per heavy atom. The molecule has 0 saturated carbocycles. The van der Waals surface area contributed by atoms with Crippen LogP contribution in [0.4, 0.5) is 0 Å². The fourth-order valence-corrected chi connectivity index (χ4v) is 3.23. The molecule has 5 nitrogen and oxygen atoms in total. The Balaban J connectivity index is 0.00000182. The molecule has 150 valence electrons. The first-order chi connectivity index (χ1) is 12.2. The molecule has 1 saturated heterocycles. The number of likely N-dealkylation sites (tertiary alicyclic amines) is 1. The number of carbonyl (C=O) groups is 1. The van der Waals surface area contributed by atoms with E-state index in [-0.39, 0.29) is 30.7 Å². The Morgan fingerprint density at radius 1 is 1.22 bits per heavy atom. The summed E-state index contributed by atoms with van der Waals surface area (Å²) in [5.41, 5.74) is 8.48. The largest absolute Gasteiger partial charge is 0.467 e. The summed E-state index contributed by atoms with van der Waals surface area (Å²) in [5, 5.41) is 2.98. The lowest BCUT2D eigenvalue weighted by Crippen LogP contribution is -2.33. The van der Waals surface area contributed by atoms with Crippen molar-refractivity contribution >= 4 is 30.7 Å². The Kier molecular flexibility index (Phi) is 9.88. The zero-order chi connectivity index (χ0) is 17.6. The van der Waals surface area contributed by atoms with Gasteiger partial charge in [0.1, 0.15) is 12.0 Å². The van der Waals surface area contributed by atoms with Crippen molar-refractivity contribution in [2.45, 2.75) is 39.4 Å². The molecule has 1 fully saturated rings. The van der Waals surface area contributed by atoms with E-state index in [0.29, 0.717) is 24.4 Å². The van der Waals surface area contributed by atoms with E-state index in [1.165, 1.54) is 24.7 Å². The van der Waals surface area contributed by atoms with Gasteiger partial charge in [-0.1, -0.05) is 31.2 Å². The number of halogens is 2. The summed E-state index contributed by atoms with van der Waals surface area (Å²) in [6, 6.07) is 10.0. The average molecular weight is 414 g/mol. The van der Waals surface area contributed by atoms with E-state index in [1.807, 2.05) is 6.07 Å². The fraction of sp³-hybridized carbons (Fsp3) is 0.450. The minimum absolute atomic E-state index is 0. The first-order valence-corrected chi connectivity index (χ1v) is 9.00. The topological polar surface area (TPSA) is 71.5 Å². The van der Waals surface area contributed by atoms with Gasteiger partial charge >= 0.3 is 0 Å². The summed E-state index contributed by atoms with van der Waals surface area (Å²) in [7, 11) is 0. The Morgan fingerprint density at radius 3 is 2.52 bits per heavy atom. The number of furan rings is 1. The number of nitrogens with one attached hydrogen (secondary N) is 1. The molecule has 0 spiro atoms. The van der Waals surface area contributed by atoms with Crippen LogP contribution in [0.5, 0.6) is 0 Å². The van der Waals surface area contributed by atoms with Crippen molar-refractivity contribution in [3.05, 3.63) is 59.0 Å². The van der Waals surface area contributed by atoms with Gasteiger partial charge in [0.2, 0.25) is 0 Å². The molecule has 2 aromatic rings. The van der Waals surface area contributed by atoms with Crippen molar-refractivity contribution in [3.8, 4) is 0 Å². The van der Waals surface area contributed by atoms with Gasteiger partial charge in [-0.3, -0.25) is 9.69 Å². The number of piperidine rings is 1. The van der Waals surface area contributed by atoms with E-state index in [1.54, 1.807) is 6.07 Å². The standard InChI is InChI=1S/C20H27N3O2.2ClH/c1-15-6-8-23(9-7-15)13-17-5-3-2-4-16(17)12-22-20(24)18-10-19(11-21)25-14-18;;/h2-5,10,14-15H,6-9,11-13,21H2,1H3,(H,22,24);2*1H. The number of amides is 1. The molecular weight excluding hydrogens is 385 g/mol. The van der Waals surface area contributed by atoms with Gasteiger partial charge in [-0.15, -0.1) is 24.8 Å². The molecule has 0 aliphatic carbocycles. The number of hydrogen-bond acceptors (Lipinski definition) is 4. The van der Waals surface area contributed by atoms with Crippen LogP contribution in [0.1, 0.15) is 47.0 Å². The van der Waals surface area contributed by atoms with Crippen molar-refractivity contribution in [1.29, 1.82) is 0 Å². The van der Waals surface area contributed by atoms with Crippen LogP contribution < -0.4 is 11.1 Å². The first kappa shape index (κ1) is 23.5. The smallest absolute Gasteiger partial charge is 0.254 e. The SMILES string of the molecule is CC1CCN(Cc2ccccc2CNC(=O)c2coc(CN)c2)CC1.Cl.Cl. The number of nitrogens with two attached hydrogens (primary N) is 1. The third kappa shape index (κ3) is 6.54. The molecule has 3 rings (SSSR count). The summed E-state index contributed by atoms with van der Waals surface area (Å²) in [5.74, 6) is 1.31. The normalized spacial score (nSPS) is 14.9. The molecule has 0 unspecified atom stereocenters. The van der Waals surface area contributed by atoms with Gasteiger partial charge in [0.15, 0.2) is 0 Å². The van der Waals surface area contributed by atoms with Gasteiger partial charge in [0, 0.05) is 13.1 Å². The van der Waals surface area contributed by atoms with Crippen LogP contribution >= 0.6 is 24.8 Å². The summed E-state index contributed by atoms with van der Waals surface area (Å²) in [6.45, 7) is 6.39. The third-order valence-electron chi connectivity index (χ3n) is 4.95. The highest BCUT2D eigenvalue weighted by Gasteiger charge is 2.17. The first-order valence-electron chi connectivity index (χ1n) is 9.00. The molecule has 7 heteroatoms. The highest BCUT2D eigenvalue weighted by molar-refractivity contribution is 5.93. The molecule has 1 amide bonds. The lowest BCUT2D eigenvalue weighted by atomic mass is 9.98. The summed E-state index contributed by atoms with van der Waals surface area (Å²) < 4.78 is 5.23. The lowest BCUT2D eigenvalue weighted by molar-refractivity contribution is 0.0950. The van der Waals surface area contributed by atoms with Crippen LogP contribution in [0.2, 0.25) is 0 Å². The Bertz CT molecular complexity index is 713. The molecule has 2 heterocycles. The summed E-state index contributed by atoms with van der Waals surface area (Å²) in [6.07, 6.45) is 3.99. The van der Waals surface area contributed by atoms with Crippen LogP contribution in [0.3, 0.4) is 0 Å².